The second-order valence-electron chi connectivity index (χ2n) is 3.35. The predicted octanol–water partition coefficient (Wildman–Crippen LogP) is 1.62. The van der Waals surface area contributed by atoms with E-state index in [2.05, 4.69) is 19.7 Å². The topological polar surface area (TPSA) is 65.0 Å². The molecule has 0 aliphatic rings. The molecule has 6 heteroatoms. The van der Waals surface area contributed by atoms with Crippen molar-refractivity contribution in [3.8, 4) is 10.8 Å². The zero-order valence-corrected chi connectivity index (χ0v) is 10.3. The van der Waals surface area contributed by atoms with Crippen molar-refractivity contribution in [1.82, 2.24) is 15.0 Å². The standard InChI is InChI=1S/C11H11N3O2S/c1-7-8(6-9(15)16-2)17-11(14-7)10-12-4-3-5-13-10/h3-5H,6H2,1-2H3. The molecule has 0 saturated carbocycles. The quantitative estimate of drug-likeness (QED) is 0.773. The summed E-state index contributed by atoms with van der Waals surface area (Å²) in [5.41, 5.74) is 0.822. The molecule has 2 aromatic rings. The summed E-state index contributed by atoms with van der Waals surface area (Å²) in [4.78, 5) is 24.7. The molecule has 0 aromatic carbocycles. The molecule has 0 unspecified atom stereocenters. The first-order chi connectivity index (χ1) is 8.20. The van der Waals surface area contributed by atoms with Crippen molar-refractivity contribution in [2.75, 3.05) is 7.11 Å². The van der Waals surface area contributed by atoms with Gasteiger partial charge in [0.25, 0.3) is 0 Å². The van der Waals surface area contributed by atoms with E-state index < -0.39 is 0 Å². The summed E-state index contributed by atoms with van der Waals surface area (Å²) in [6.45, 7) is 1.86. The molecular weight excluding hydrogens is 238 g/mol. The van der Waals surface area contributed by atoms with Crippen LogP contribution in [0.5, 0.6) is 0 Å². The lowest BCUT2D eigenvalue weighted by Gasteiger charge is -1.95. The van der Waals surface area contributed by atoms with Gasteiger partial charge in [0.05, 0.1) is 19.2 Å². The minimum Gasteiger partial charge on any atom is -0.469 e. The number of aromatic nitrogens is 3. The van der Waals surface area contributed by atoms with E-state index in [0.29, 0.717) is 5.82 Å². The van der Waals surface area contributed by atoms with Gasteiger partial charge in [0.15, 0.2) is 10.8 Å². The van der Waals surface area contributed by atoms with E-state index in [-0.39, 0.29) is 12.4 Å². The molecule has 2 rings (SSSR count). The first kappa shape index (κ1) is 11.7. The monoisotopic (exact) mass is 249 g/mol. The fraction of sp³-hybridized carbons (Fsp3) is 0.273. The van der Waals surface area contributed by atoms with Gasteiger partial charge < -0.3 is 4.74 Å². The van der Waals surface area contributed by atoms with Crippen molar-refractivity contribution in [2.45, 2.75) is 13.3 Å². The van der Waals surface area contributed by atoms with Gasteiger partial charge >= 0.3 is 5.97 Å². The molecule has 0 radical (unpaired) electrons. The minimum atomic E-state index is -0.266. The van der Waals surface area contributed by atoms with Crippen LogP contribution < -0.4 is 0 Å². The molecule has 2 heterocycles. The second-order valence-corrected chi connectivity index (χ2v) is 4.44. The Morgan fingerprint density at radius 2 is 2.12 bits per heavy atom. The van der Waals surface area contributed by atoms with E-state index in [1.165, 1.54) is 18.4 Å². The van der Waals surface area contributed by atoms with Gasteiger partial charge in [0, 0.05) is 17.3 Å². The Morgan fingerprint density at radius 3 is 2.76 bits per heavy atom. The lowest BCUT2D eigenvalue weighted by atomic mass is 10.3. The Balaban J connectivity index is 2.28. The number of hydrogen-bond acceptors (Lipinski definition) is 6. The van der Waals surface area contributed by atoms with Crippen LogP contribution in [0.1, 0.15) is 10.6 Å². The van der Waals surface area contributed by atoms with Gasteiger partial charge in [-0.1, -0.05) is 0 Å². The number of hydrogen-bond donors (Lipinski definition) is 0. The number of carbonyl (C=O) groups is 1. The number of esters is 1. The summed E-state index contributed by atoms with van der Waals surface area (Å²) < 4.78 is 4.63. The Bertz CT molecular complexity index is 525. The molecule has 0 saturated heterocycles. The molecule has 0 aliphatic carbocycles. The average Bonchev–Trinajstić information content (AvgIpc) is 2.72. The summed E-state index contributed by atoms with van der Waals surface area (Å²) in [6, 6.07) is 1.75. The van der Waals surface area contributed by atoms with Crippen LogP contribution in [0.25, 0.3) is 10.8 Å². The lowest BCUT2D eigenvalue weighted by molar-refractivity contribution is -0.139. The fourth-order valence-electron chi connectivity index (χ4n) is 1.30. The fourth-order valence-corrected chi connectivity index (χ4v) is 2.30. The van der Waals surface area contributed by atoms with Crippen molar-refractivity contribution in [3.05, 3.63) is 29.0 Å². The maximum atomic E-state index is 11.2. The molecule has 0 aliphatic heterocycles. The third-order valence-corrected chi connectivity index (χ3v) is 3.34. The van der Waals surface area contributed by atoms with Crippen molar-refractivity contribution in [1.29, 1.82) is 0 Å². The van der Waals surface area contributed by atoms with Crippen LogP contribution in [0.3, 0.4) is 0 Å². The zero-order valence-electron chi connectivity index (χ0n) is 9.51. The lowest BCUT2D eigenvalue weighted by Crippen LogP contribution is -2.03. The van der Waals surface area contributed by atoms with Gasteiger partial charge in [-0.3, -0.25) is 4.79 Å². The molecule has 17 heavy (non-hydrogen) atoms. The molecule has 0 spiro atoms. The summed E-state index contributed by atoms with van der Waals surface area (Å²) >= 11 is 1.42. The SMILES string of the molecule is COC(=O)Cc1sc(-c2ncccn2)nc1C. The maximum Gasteiger partial charge on any atom is 0.310 e. The number of rotatable bonds is 3. The maximum absolute atomic E-state index is 11.2. The highest BCUT2D eigenvalue weighted by molar-refractivity contribution is 7.15. The largest absolute Gasteiger partial charge is 0.469 e. The molecule has 0 N–H and O–H groups in total. The van der Waals surface area contributed by atoms with Gasteiger partial charge in [0.1, 0.15) is 0 Å². The van der Waals surface area contributed by atoms with Crippen molar-refractivity contribution in [2.24, 2.45) is 0 Å². The number of thiazole rings is 1. The first-order valence-electron chi connectivity index (χ1n) is 5.01. The van der Waals surface area contributed by atoms with Crippen LogP contribution in [0, 0.1) is 6.92 Å². The van der Waals surface area contributed by atoms with E-state index in [0.717, 1.165) is 15.6 Å². The van der Waals surface area contributed by atoms with Gasteiger partial charge in [-0.25, -0.2) is 15.0 Å². The van der Waals surface area contributed by atoms with Crippen molar-refractivity contribution < 1.29 is 9.53 Å². The number of aryl methyl sites for hydroxylation is 1. The Labute approximate surface area is 103 Å². The minimum absolute atomic E-state index is 0.243. The van der Waals surface area contributed by atoms with Crippen LogP contribution in [-0.2, 0) is 16.0 Å². The van der Waals surface area contributed by atoms with Crippen molar-refractivity contribution in [3.63, 3.8) is 0 Å². The van der Waals surface area contributed by atoms with Crippen LogP contribution in [0.15, 0.2) is 18.5 Å². The molecule has 5 nitrogen and oxygen atoms in total. The van der Waals surface area contributed by atoms with Gasteiger partial charge in [0.2, 0.25) is 0 Å². The predicted molar refractivity (Wildman–Crippen MR) is 63.6 cm³/mol. The van der Waals surface area contributed by atoms with Crippen LogP contribution in [0.2, 0.25) is 0 Å². The Morgan fingerprint density at radius 1 is 1.41 bits per heavy atom. The smallest absolute Gasteiger partial charge is 0.310 e. The van der Waals surface area contributed by atoms with Crippen LogP contribution in [-0.4, -0.2) is 28.0 Å². The third kappa shape index (κ3) is 2.65. The van der Waals surface area contributed by atoms with E-state index in [1.54, 1.807) is 18.5 Å². The van der Waals surface area contributed by atoms with Crippen LogP contribution >= 0.6 is 11.3 Å². The molecule has 0 atom stereocenters. The summed E-state index contributed by atoms with van der Waals surface area (Å²) in [5.74, 6) is 0.314. The average molecular weight is 249 g/mol. The van der Waals surface area contributed by atoms with Gasteiger partial charge in [-0.2, -0.15) is 0 Å². The number of nitrogens with zero attached hydrogens (tertiary/aromatic N) is 3. The highest BCUT2D eigenvalue weighted by Crippen LogP contribution is 2.25. The van der Waals surface area contributed by atoms with E-state index in [9.17, 15) is 4.79 Å². The van der Waals surface area contributed by atoms with E-state index in [4.69, 9.17) is 0 Å². The molecule has 0 fully saturated rings. The summed E-state index contributed by atoms with van der Waals surface area (Å²) in [6.07, 6.45) is 3.57. The zero-order chi connectivity index (χ0) is 12.3. The number of ether oxygens (including phenoxy) is 1. The highest BCUT2D eigenvalue weighted by Gasteiger charge is 2.14. The summed E-state index contributed by atoms with van der Waals surface area (Å²) in [5, 5.41) is 0.724. The van der Waals surface area contributed by atoms with Crippen LogP contribution in [0.4, 0.5) is 0 Å². The Hall–Kier alpha value is -1.82. The normalized spacial score (nSPS) is 10.2. The molecular formula is C11H11N3O2S. The molecule has 0 bridgehead atoms. The van der Waals surface area contributed by atoms with E-state index in [1.807, 2.05) is 6.92 Å². The summed E-state index contributed by atoms with van der Waals surface area (Å²) in [7, 11) is 1.37. The van der Waals surface area contributed by atoms with E-state index >= 15 is 0 Å². The van der Waals surface area contributed by atoms with Gasteiger partial charge in [-0.05, 0) is 13.0 Å². The molecule has 88 valence electrons. The van der Waals surface area contributed by atoms with Crippen molar-refractivity contribution >= 4 is 17.3 Å². The Kier molecular flexibility index (Phi) is 3.43. The number of methoxy groups -OCH3 is 1. The molecule has 2 aromatic heterocycles. The highest BCUT2D eigenvalue weighted by atomic mass is 32.1. The van der Waals surface area contributed by atoms with Gasteiger partial charge in [-0.15, -0.1) is 11.3 Å². The second kappa shape index (κ2) is 5.01. The number of carbonyl (C=O) groups excluding carboxylic acids is 1. The molecule has 0 amide bonds. The third-order valence-electron chi connectivity index (χ3n) is 2.18. The first-order valence-corrected chi connectivity index (χ1v) is 5.83.